The minimum atomic E-state index is -4.39. The number of hydrogen-bond acceptors (Lipinski definition) is 7. The van der Waals surface area contributed by atoms with Gasteiger partial charge in [-0.1, -0.05) is 212 Å². The lowest BCUT2D eigenvalue weighted by atomic mass is 10.0. The van der Waals surface area contributed by atoms with Gasteiger partial charge in [-0.25, -0.2) is 4.57 Å². The number of allylic oxidation sites excluding steroid dienone is 4. The van der Waals surface area contributed by atoms with Gasteiger partial charge in [0.25, 0.3) is 0 Å². The Morgan fingerprint density at radius 2 is 0.855 bits per heavy atom. The molecule has 0 aromatic rings. The summed E-state index contributed by atoms with van der Waals surface area (Å²) in [6, 6.07) is 0. The Morgan fingerprint density at radius 1 is 0.484 bits per heavy atom. The van der Waals surface area contributed by atoms with Gasteiger partial charge in [0, 0.05) is 12.8 Å². The Labute approximate surface area is 383 Å². The molecule has 0 saturated carbocycles. The van der Waals surface area contributed by atoms with Gasteiger partial charge in [-0.15, -0.1) is 0 Å². The van der Waals surface area contributed by atoms with Crippen LogP contribution in [0.2, 0.25) is 0 Å². The van der Waals surface area contributed by atoms with Crippen LogP contribution in [0.1, 0.15) is 245 Å². The van der Waals surface area contributed by atoms with Crippen molar-refractivity contribution in [3.05, 3.63) is 24.3 Å². The molecule has 10 heteroatoms. The standard InChI is InChI=1S/C52H100NO8P/c1-6-8-10-12-14-16-18-20-22-23-24-25-26-27-28-29-31-33-35-37-39-41-43-45-52(55)61-50(49-60-62(56,57)59-47-46-53(3,4)5)48-58-51(54)44-42-40-38-36-34-32-30-21-19-17-15-13-11-9-7-2/h29,31,37,39,50H,6-28,30,32-36,38,40-49H2,1-5H3/p+1/b31-29+,39-37+/t50-/m1/s1. The molecule has 0 aliphatic heterocycles. The van der Waals surface area contributed by atoms with Gasteiger partial charge in [-0.2, -0.15) is 0 Å². The molecule has 62 heavy (non-hydrogen) atoms. The van der Waals surface area contributed by atoms with Crippen LogP contribution in [-0.4, -0.2) is 74.9 Å². The fraction of sp³-hybridized carbons (Fsp3) is 0.885. The molecule has 1 N–H and O–H groups in total. The normalized spacial score (nSPS) is 13.6. The summed E-state index contributed by atoms with van der Waals surface area (Å²) >= 11 is 0. The van der Waals surface area contributed by atoms with Crippen molar-refractivity contribution < 1.29 is 42.1 Å². The highest BCUT2D eigenvalue weighted by Crippen LogP contribution is 2.43. The van der Waals surface area contributed by atoms with Gasteiger partial charge in [0.1, 0.15) is 19.8 Å². The van der Waals surface area contributed by atoms with Gasteiger partial charge in [0.05, 0.1) is 27.7 Å². The third-order valence-electron chi connectivity index (χ3n) is 11.5. The van der Waals surface area contributed by atoms with E-state index in [4.69, 9.17) is 18.5 Å². The number of nitrogens with zero attached hydrogens (tertiary/aromatic N) is 1. The second kappa shape index (κ2) is 44.7. The lowest BCUT2D eigenvalue weighted by molar-refractivity contribution is -0.870. The maximum Gasteiger partial charge on any atom is 0.472 e. The molecule has 2 atom stereocenters. The third kappa shape index (κ3) is 48.0. The molecule has 0 radical (unpaired) electrons. The molecule has 0 amide bonds. The molecule has 9 nitrogen and oxygen atoms in total. The van der Waals surface area contributed by atoms with Gasteiger partial charge >= 0.3 is 19.8 Å². The highest BCUT2D eigenvalue weighted by molar-refractivity contribution is 7.47. The maximum atomic E-state index is 12.7. The van der Waals surface area contributed by atoms with Crippen molar-refractivity contribution in [1.29, 1.82) is 0 Å². The smallest absolute Gasteiger partial charge is 0.462 e. The second-order valence-corrected chi connectivity index (χ2v) is 20.4. The summed E-state index contributed by atoms with van der Waals surface area (Å²) < 4.78 is 34.4. The van der Waals surface area contributed by atoms with E-state index in [-0.39, 0.29) is 32.0 Å². The molecule has 0 aliphatic rings. The van der Waals surface area contributed by atoms with Crippen molar-refractivity contribution in [2.75, 3.05) is 47.5 Å². The molecule has 0 aromatic carbocycles. The number of phosphoric acid groups is 1. The molecule has 0 bridgehead atoms. The van der Waals surface area contributed by atoms with Gasteiger partial charge < -0.3 is 18.9 Å². The van der Waals surface area contributed by atoms with Crippen LogP contribution in [0.3, 0.4) is 0 Å². The van der Waals surface area contributed by atoms with Crippen LogP contribution in [0.5, 0.6) is 0 Å². The number of phosphoric ester groups is 1. The quantitative estimate of drug-likeness (QED) is 0.0211. The summed E-state index contributed by atoms with van der Waals surface area (Å²) in [6.07, 6.45) is 51.0. The van der Waals surface area contributed by atoms with Crippen LogP contribution in [0.4, 0.5) is 0 Å². The van der Waals surface area contributed by atoms with Crippen LogP contribution < -0.4 is 0 Å². The fourth-order valence-corrected chi connectivity index (χ4v) is 8.13. The predicted molar refractivity (Wildman–Crippen MR) is 261 cm³/mol. The first kappa shape index (κ1) is 60.5. The van der Waals surface area contributed by atoms with E-state index >= 15 is 0 Å². The zero-order valence-corrected chi connectivity index (χ0v) is 42.3. The lowest BCUT2D eigenvalue weighted by Gasteiger charge is -2.24. The third-order valence-corrected chi connectivity index (χ3v) is 12.4. The van der Waals surface area contributed by atoms with E-state index < -0.39 is 26.5 Å². The molecule has 0 aromatic heterocycles. The van der Waals surface area contributed by atoms with Crippen LogP contribution >= 0.6 is 7.82 Å². The summed E-state index contributed by atoms with van der Waals surface area (Å²) in [5.41, 5.74) is 0. The molecule has 1 unspecified atom stereocenters. The molecule has 366 valence electrons. The largest absolute Gasteiger partial charge is 0.472 e. The van der Waals surface area contributed by atoms with Gasteiger partial charge in [-0.05, 0) is 44.9 Å². The number of carbonyl (C=O) groups is 2. The van der Waals surface area contributed by atoms with Crippen molar-refractivity contribution in [2.45, 2.75) is 251 Å². The Balaban J connectivity index is 4.26. The van der Waals surface area contributed by atoms with Gasteiger partial charge in [-0.3, -0.25) is 18.6 Å². The van der Waals surface area contributed by atoms with Crippen molar-refractivity contribution in [1.82, 2.24) is 0 Å². The van der Waals surface area contributed by atoms with Crippen molar-refractivity contribution in [3.8, 4) is 0 Å². The number of hydrogen-bond donors (Lipinski definition) is 1. The molecule has 0 fully saturated rings. The lowest BCUT2D eigenvalue weighted by Crippen LogP contribution is -2.37. The highest BCUT2D eigenvalue weighted by atomic mass is 31.2. The Bertz CT molecular complexity index is 1110. The van der Waals surface area contributed by atoms with Crippen molar-refractivity contribution in [2.24, 2.45) is 0 Å². The zero-order valence-electron chi connectivity index (χ0n) is 41.4. The monoisotopic (exact) mass is 899 g/mol. The maximum absolute atomic E-state index is 12.7. The van der Waals surface area contributed by atoms with Crippen LogP contribution in [0.25, 0.3) is 0 Å². The summed E-state index contributed by atoms with van der Waals surface area (Å²) in [6.45, 7) is 4.42. The number of unbranched alkanes of at least 4 members (excludes halogenated alkanes) is 30. The van der Waals surface area contributed by atoms with E-state index in [1.807, 2.05) is 21.1 Å². The molecular formula is C52H101NO8P+. The molecule has 0 heterocycles. The minimum absolute atomic E-state index is 0.0271. The minimum Gasteiger partial charge on any atom is -0.462 e. The van der Waals surface area contributed by atoms with E-state index in [2.05, 4.69) is 38.2 Å². The Hall–Kier alpha value is -1.51. The van der Waals surface area contributed by atoms with Crippen LogP contribution in [-0.2, 0) is 32.7 Å². The number of quaternary nitrogens is 1. The molecule has 0 saturated heterocycles. The summed E-state index contributed by atoms with van der Waals surface area (Å²) in [5, 5.41) is 0. The first-order valence-electron chi connectivity index (χ1n) is 26.1. The molecule has 0 aliphatic carbocycles. The summed E-state index contributed by atoms with van der Waals surface area (Å²) in [7, 11) is 1.46. The average Bonchev–Trinajstić information content (AvgIpc) is 3.23. The highest BCUT2D eigenvalue weighted by Gasteiger charge is 2.27. The number of carbonyl (C=O) groups excluding carboxylic acids is 2. The van der Waals surface area contributed by atoms with Crippen molar-refractivity contribution >= 4 is 19.8 Å². The van der Waals surface area contributed by atoms with E-state index in [1.54, 1.807) is 0 Å². The number of esters is 2. The SMILES string of the molecule is CCCCCCCCCCCCCCCC/C=C/CC/C=C/CCCC(=O)O[C@H](COC(=O)CCCCCCCCCCCCCCCCC)COP(=O)(O)OCC[N+](C)(C)C. The van der Waals surface area contributed by atoms with Crippen LogP contribution in [0, 0.1) is 0 Å². The number of rotatable bonds is 48. The Kier molecular flexibility index (Phi) is 43.6. The second-order valence-electron chi connectivity index (χ2n) is 18.9. The number of ether oxygens (including phenoxy) is 2. The van der Waals surface area contributed by atoms with Gasteiger partial charge in [0.2, 0.25) is 0 Å². The topological polar surface area (TPSA) is 108 Å². The predicted octanol–water partition coefficient (Wildman–Crippen LogP) is 15.5. The van der Waals surface area contributed by atoms with E-state index in [0.29, 0.717) is 17.4 Å². The zero-order chi connectivity index (χ0) is 45.7. The van der Waals surface area contributed by atoms with E-state index in [0.717, 1.165) is 44.9 Å². The molecular weight excluding hydrogens is 798 g/mol. The van der Waals surface area contributed by atoms with Gasteiger partial charge in [0.15, 0.2) is 6.10 Å². The Morgan fingerprint density at radius 3 is 1.29 bits per heavy atom. The molecule has 0 rings (SSSR count). The summed E-state index contributed by atoms with van der Waals surface area (Å²) in [4.78, 5) is 35.5. The van der Waals surface area contributed by atoms with E-state index in [9.17, 15) is 19.0 Å². The average molecular weight is 899 g/mol. The first-order chi connectivity index (χ1) is 30.0. The van der Waals surface area contributed by atoms with Crippen molar-refractivity contribution in [3.63, 3.8) is 0 Å². The van der Waals surface area contributed by atoms with E-state index in [1.165, 1.54) is 167 Å². The fourth-order valence-electron chi connectivity index (χ4n) is 7.39. The molecule has 0 spiro atoms. The number of likely N-dealkylation sites (N-methyl/N-ethyl adjacent to an activating group) is 1. The summed E-state index contributed by atoms with van der Waals surface area (Å²) in [5.74, 6) is -0.836. The first-order valence-corrected chi connectivity index (χ1v) is 27.6. The van der Waals surface area contributed by atoms with Crippen LogP contribution in [0.15, 0.2) is 24.3 Å².